The molecular formula is C14H18ClN3O. The van der Waals surface area contributed by atoms with Crippen LogP contribution in [0.5, 0.6) is 5.75 Å². The summed E-state index contributed by atoms with van der Waals surface area (Å²) in [6.45, 7) is 6.07. The van der Waals surface area contributed by atoms with Crippen molar-refractivity contribution in [2.24, 2.45) is 0 Å². The van der Waals surface area contributed by atoms with Gasteiger partial charge in [0, 0.05) is 6.04 Å². The third kappa shape index (κ3) is 2.28. The van der Waals surface area contributed by atoms with E-state index in [-0.39, 0.29) is 6.04 Å². The number of hydrogen-bond acceptors (Lipinski definition) is 3. The number of aryl methyl sites for hydroxylation is 1. The molecule has 0 radical (unpaired) electrons. The van der Waals surface area contributed by atoms with Gasteiger partial charge >= 0.3 is 0 Å². The molecule has 2 rings (SSSR count). The normalized spacial score (nSPS) is 11.1. The molecule has 4 nitrogen and oxygen atoms in total. The van der Waals surface area contributed by atoms with Gasteiger partial charge in [-0.15, -0.1) is 0 Å². The maximum Gasteiger partial charge on any atom is 0.132 e. The Morgan fingerprint density at radius 2 is 2.05 bits per heavy atom. The number of nitrogens with two attached hydrogens (primary N) is 1. The van der Waals surface area contributed by atoms with Crippen LogP contribution in [-0.2, 0) is 0 Å². The molecule has 0 fully saturated rings. The first-order valence-electron chi connectivity index (χ1n) is 6.14. The van der Waals surface area contributed by atoms with Crippen LogP contribution in [0.3, 0.4) is 0 Å². The summed E-state index contributed by atoms with van der Waals surface area (Å²) in [5, 5.41) is 0.583. The fourth-order valence-electron chi connectivity index (χ4n) is 2.30. The molecule has 2 N–H and O–H groups in total. The zero-order valence-corrected chi connectivity index (χ0v) is 12.3. The van der Waals surface area contributed by atoms with Crippen LogP contribution >= 0.6 is 11.6 Å². The Hall–Kier alpha value is -1.68. The van der Waals surface area contributed by atoms with E-state index in [0.717, 1.165) is 11.4 Å². The van der Waals surface area contributed by atoms with Gasteiger partial charge in [-0.2, -0.15) is 0 Å². The minimum atomic E-state index is 0.245. The van der Waals surface area contributed by atoms with E-state index in [2.05, 4.69) is 18.8 Å². The zero-order valence-electron chi connectivity index (χ0n) is 11.6. The van der Waals surface area contributed by atoms with Crippen molar-refractivity contribution in [3.63, 3.8) is 0 Å². The van der Waals surface area contributed by atoms with Gasteiger partial charge in [0.15, 0.2) is 0 Å². The highest BCUT2D eigenvalue weighted by Gasteiger charge is 2.20. The van der Waals surface area contributed by atoms with E-state index in [1.807, 2.05) is 29.7 Å². The molecule has 0 spiro atoms. The molecule has 19 heavy (non-hydrogen) atoms. The minimum Gasteiger partial charge on any atom is -0.496 e. The first kappa shape index (κ1) is 13.7. The van der Waals surface area contributed by atoms with Crippen LogP contribution in [0.25, 0.3) is 11.3 Å². The van der Waals surface area contributed by atoms with Gasteiger partial charge in [-0.1, -0.05) is 17.7 Å². The summed E-state index contributed by atoms with van der Waals surface area (Å²) in [7, 11) is 1.61. The van der Waals surface area contributed by atoms with Crippen LogP contribution in [-0.4, -0.2) is 16.7 Å². The Morgan fingerprint density at radius 1 is 1.37 bits per heavy atom. The molecule has 0 saturated carbocycles. The molecule has 0 atom stereocenters. The molecule has 0 aliphatic rings. The lowest BCUT2D eigenvalue weighted by Gasteiger charge is -2.12. The quantitative estimate of drug-likeness (QED) is 0.932. The van der Waals surface area contributed by atoms with Crippen molar-refractivity contribution < 1.29 is 4.74 Å². The summed E-state index contributed by atoms with van der Waals surface area (Å²) in [6.07, 6.45) is 0. The predicted molar refractivity (Wildman–Crippen MR) is 78.8 cm³/mol. The highest BCUT2D eigenvalue weighted by molar-refractivity contribution is 6.33. The zero-order chi connectivity index (χ0) is 14.2. The number of rotatable bonds is 3. The molecule has 1 aromatic heterocycles. The van der Waals surface area contributed by atoms with Crippen molar-refractivity contribution in [1.29, 1.82) is 0 Å². The highest BCUT2D eigenvalue weighted by Crippen LogP contribution is 2.39. The van der Waals surface area contributed by atoms with Gasteiger partial charge in [0.1, 0.15) is 23.1 Å². The first-order chi connectivity index (χ1) is 8.97. The summed E-state index contributed by atoms with van der Waals surface area (Å²) in [5.74, 6) is 2.15. The van der Waals surface area contributed by atoms with E-state index in [1.54, 1.807) is 7.11 Å². The van der Waals surface area contributed by atoms with Crippen molar-refractivity contribution in [3.05, 3.63) is 29.0 Å². The summed E-state index contributed by atoms with van der Waals surface area (Å²) >= 11 is 6.27. The highest BCUT2D eigenvalue weighted by atomic mass is 35.5. The third-order valence-electron chi connectivity index (χ3n) is 3.07. The van der Waals surface area contributed by atoms with Crippen LogP contribution in [0.4, 0.5) is 5.82 Å². The summed E-state index contributed by atoms with van der Waals surface area (Å²) in [4.78, 5) is 4.54. The molecule has 102 valence electrons. The van der Waals surface area contributed by atoms with Gasteiger partial charge in [0.2, 0.25) is 0 Å². The molecule has 0 bridgehead atoms. The molecule has 5 heteroatoms. The molecule has 0 unspecified atom stereocenters. The predicted octanol–water partition coefficient (Wildman–Crippen LogP) is 3.68. The molecule has 1 aromatic carbocycles. The molecule has 0 aliphatic heterocycles. The van der Waals surface area contributed by atoms with Gasteiger partial charge < -0.3 is 15.0 Å². The molecule has 0 amide bonds. The van der Waals surface area contributed by atoms with E-state index >= 15 is 0 Å². The molecule has 2 aromatic rings. The first-order valence-corrected chi connectivity index (χ1v) is 6.52. The summed E-state index contributed by atoms with van der Waals surface area (Å²) in [6, 6.07) is 5.75. The lowest BCUT2D eigenvalue weighted by molar-refractivity contribution is 0.416. The number of aromatic nitrogens is 2. The van der Waals surface area contributed by atoms with Crippen LogP contribution in [0.15, 0.2) is 18.2 Å². The number of benzene rings is 1. The monoisotopic (exact) mass is 279 g/mol. The van der Waals surface area contributed by atoms with E-state index in [4.69, 9.17) is 22.1 Å². The van der Waals surface area contributed by atoms with Crippen LogP contribution in [0, 0.1) is 6.92 Å². The van der Waals surface area contributed by atoms with Gasteiger partial charge in [-0.05, 0) is 32.9 Å². The van der Waals surface area contributed by atoms with E-state index < -0.39 is 0 Å². The maximum atomic E-state index is 6.27. The topological polar surface area (TPSA) is 53.1 Å². The second kappa shape index (κ2) is 5.13. The smallest absolute Gasteiger partial charge is 0.132 e. The van der Waals surface area contributed by atoms with E-state index in [1.165, 1.54) is 0 Å². The fourth-order valence-corrected chi connectivity index (χ4v) is 2.56. The lowest BCUT2D eigenvalue weighted by atomic mass is 10.1. The Labute approximate surface area is 118 Å². The molecular weight excluding hydrogens is 262 g/mol. The minimum absolute atomic E-state index is 0.245. The molecule has 0 saturated heterocycles. The number of anilines is 1. The van der Waals surface area contributed by atoms with Gasteiger partial charge in [-0.25, -0.2) is 4.98 Å². The second-order valence-corrected chi connectivity index (χ2v) is 5.08. The standard InChI is InChI=1S/C14H18ClN3O/c1-8(2)18-9(3)17-13(14(18)16)12-10(15)6-5-7-11(12)19-4/h5-8H,16H2,1-4H3. The van der Waals surface area contributed by atoms with E-state index in [9.17, 15) is 0 Å². The average Bonchev–Trinajstić information content (AvgIpc) is 2.64. The summed E-state index contributed by atoms with van der Waals surface area (Å²) < 4.78 is 7.34. The molecule has 1 heterocycles. The summed E-state index contributed by atoms with van der Waals surface area (Å²) in [5.41, 5.74) is 7.63. The number of nitrogens with zero attached hydrogens (tertiary/aromatic N) is 2. The Bertz CT molecular complexity index is 605. The fraction of sp³-hybridized carbons (Fsp3) is 0.357. The molecule has 0 aliphatic carbocycles. The van der Waals surface area contributed by atoms with Crippen LogP contribution < -0.4 is 10.5 Å². The largest absolute Gasteiger partial charge is 0.496 e. The Morgan fingerprint density at radius 3 is 2.58 bits per heavy atom. The van der Waals surface area contributed by atoms with Crippen molar-refractivity contribution in [2.45, 2.75) is 26.8 Å². The average molecular weight is 280 g/mol. The second-order valence-electron chi connectivity index (χ2n) is 4.67. The van der Waals surface area contributed by atoms with Crippen LogP contribution in [0.1, 0.15) is 25.7 Å². The van der Waals surface area contributed by atoms with Gasteiger partial charge in [-0.3, -0.25) is 0 Å². The number of nitrogen functional groups attached to an aromatic ring is 1. The number of hydrogen-bond donors (Lipinski definition) is 1. The Balaban J connectivity index is 2.70. The lowest BCUT2D eigenvalue weighted by Crippen LogP contribution is -2.07. The third-order valence-corrected chi connectivity index (χ3v) is 3.39. The van der Waals surface area contributed by atoms with Gasteiger partial charge in [0.25, 0.3) is 0 Å². The number of ether oxygens (including phenoxy) is 1. The van der Waals surface area contributed by atoms with Crippen molar-refractivity contribution in [2.75, 3.05) is 12.8 Å². The van der Waals surface area contributed by atoms with E-state index in [0.29, 0.717) is 22.3 Å². The van der Waals surface area contributed by atoms with Crippen molar-refractivity contribution in [3.8, 4) is 17.0 Å². The van der Waals surface area contributed by atoms with Crippen molar-refractivity contribution >= 4 is 17.4 Å². The maximum absolute atomic E-state index is 6.27. The SMILES string of the molecule is COc1cccc(Cl)c1-c1nc(C)n(C(C)C)c1N. The van der Waals surface area contributed by atoms with Crippen molar-refractivity contribution in [1.82, 2.24) is 9.55 Å². The number of halogens is 1. The Kier molecular flexibility index (Phi) is 3.71. The number of methoxy groups -OCH3 is 1. The van der Waals surface area contributed by atoms with Gasteiger partial charge in [0.05, 0.1) is 17.7 Å². The van der Waals surface area contributed by atoms with Crippen LogP contribution in [0.2, 0.25) is 5.02 Å². The number of imidazole rings is 1.